The van der Waals surface area contributed by atoms with E-state index in [2.05, 4.69) is 9.55 Å². The van der Waals surface area contributed by atoms with Crippen LogP contribution in [0.25, 0.3) is 5.69 Å². The van der Waals surface area contributed by atoms with Crippen molar-refractivity contribution in [3.05, 3.63) is 76.1 Å². The molecule has 3 aromatic rings. The van der Waals surface area contributed by atoms with Crippen molar-refractivity contribution in [2.45, 2.75) is 96.6 Å². The zero-order valence-electron chi connectivity index (χ0n) is 25.4. The quantitative estimate of drug-likeness (QED) is 0.260. The number of rotatable bonds is 7. The molecule has 1 unspecified atom stereocenters. The summed E-state index contributed by atoms with van der Waals surface area (Å²) in [6, 6.07) is 9.11. The summed E-state index contributed by atoms with van der Waals surface area (Å²) in [5.41, 5.74) is 5.15. The summed E-state index contributed by atoms with van der Waals surface area (Å²) >= 11 is 6.55. The second-order valence-electron chi connectivity index (χ2n) is 11.7. The molecule has 1 saturated carbocycles. The summed E-state index contributed by atoms with van der Waals surface area (Å²) < 4.78 is 13.1. The second-order valence-corrected chi connectivity index (χ2v) is 12.1. The monoisotopic (exact) mass is 604 g/mol. The van der Waals surface area contributed by atoms with E-state index in [4.69, 9.17) is 31.1 Å². The Morgan fingerprint density at radius 2 is 1.74 bits per heavy atom. The molecule has 43 heavy (non-hydrogen) atoms. The molecular weight excluding hydrogens is 564 g/mol. The van der Waals surface area contributed by atoms with Gasteiger partial charge in [0.25, 0.3) is 0 Å². The van der Waals surface area contributed by atoms with Crippen LogP contribution in [0.2, 0.25) is 5.02 Å². The number of imidazole rings is 1. The topological polar surface area (TPSA) is 95.7 Å². The van der Waals surface area contributed by atoms with Crippen molar-refractivity contribution in [1.29, 1.82) is 0 Å². The van der Waals surface area contributed by atoms with E-state index in [0.717, 1.165) is 66.9 Å². The molecular formula is C34H41ClN4O4. The van der Waals surface area contributed by atoms with E-state index in [1.54, 1.807) is 6.20 Å². The molecule has 228 valence electrons. The van der Waals surface area contributed by atoms with Gasteiger partial charge in [-0.25, -0.2) is 9.78 Å². The summed E-state index contributed by atoms with van der Waals surface area (Å²) in [7, 11) is 1.36. The summed E-state index contributed by atoms with van der Waals surface area (Å²) in [5.74, 6) is -0.211. The Morgan fingerprint density at radius 1 is 1.02 bits per heavy atom. The smallest absolute Gasteiger partial charge is 0.347 e. The van der Waals surface area contributed by atoms with Gasteiger partial charge in [0.15, 0.2) is 0 Å². The summed E-state index contributed by atoms with van der Waals surface area (Å²) in [5, 5.41) is 0.607. The lowest BCUT2D eigenvalue weighted by molar-refractivity contribution is -0.170. The van der Waals surface area contributed by atoms with Crippen molar-refractivity contribution in [2.24, 2.45) is 10.9 Å². The maximum atomic E-state index is 13.4. The Bertz CT molecular complexity index is 1460. The number of hydrogen-bond acceptors (Lipinski definition) is 7. The van der Waals surface area contributed by atoms with Crippen LogP contribution in [0, 0.1) is 19.8 Å². The minimum atomic E-state index is -0.892. The van der Waals surface area contributed by atoms with E-state index < -0.39 is 24.1 Å². The highest BCUT2D eigenvalue weighted by atomic mass is 35.5. The number of aliphatic imine (C=N–C) groups is 1. The minimum Gasteiger partial charge on any atom is -0.466 e. The van der Waals surface area contributed by atoms with E-state index in [1.807, 2.05) is 50.4 Å². The van der Waals surface area contributed by atoms with Crippen LogP contribution in [-0.2, 0) is 19.1 Å². The van der Waals surface area contributed by atoms with Crippen molar-refractivity contribution in [3.63, 3.8) is 0 Å². The Kier molecular flexibility index (Phi) is 10.3. The van der Waals surface area contributed by atoms with Gasteiger partial charge in [-0.3, -0.25) is 19.3 Å². The van der Waals surface area contributed by atoms with E-state index in [1.165, 1.54) is 26.4 Å². The van der Waals surface area contributed by atoms with E-state index >= 15 is 0 Å². The molecule has 8 nitrogen and oxygen atoms in total. The van der Waals surface area contributed by atoms with Crippen LogP contribution < -0.4 is 0 Å². The number of nitrogens with zero attached hydrogens (tertiary/aromatic N) is 4. The fourth-order valence-electron chi connectivity index (χ4n) is 6.43. The predicted octanol–water partition coefficient (Wildman–Crippen LogP) is 7.44. The van der Waals surface area contributed by atoms with E-state index in [0.29, 0.717) is 22.8 Å². The maximum Gasteiger partial charge on any atom is 0.347 e. The van der Waals surface area contributed by atoms with Crippen LogP contribution in [0.1, 0.15) is 105 Å². The molecule has 3 heterocycles. The number of aryl methyl sites for hydroxylation is 2. The van der Waals surface area contributed by atoms with Crippen LogP contribution in [0.5, 0.6) is 0 Å². The van der Waals surface area contributed by atoms with Crippen LogP contribution in [-0.4, -0.2) is 45.4 Å². The number of aromatic nitrogens is 3. The number of pyridine rings is 1. The van der Waals surface area contributed by atoms with Gasteiger partial charge in [-0.2, -0.15) is 0 Å². The van der Waals surface area contributed by atoms with Crippen molar-refractivity contribution in [2.75, 3.05) is 7.11 Å². The molecule has 2 aliphatic rings. The van der Waals surface area contributed by atoms with E-state index in [9.17, 15) is 9.59 Å². The first-order chi connectivity index (χ1) is 20.9. The van der Waals surface area contributed by atoms with Crippen LogP contribution in [0.3, 0.4) is 0 Å². The Balaban J connectivity index is 1.42. The van der Waals surface area contributed by atoms with Crippen LogP contribution in [0.4, 0.5) is 0 Å². The molecule has 0 radical (unpaired) electrons. The van der Waals surface area contributed by atoms with Crippen molar-refractivity contribution < 1.29 is 19.1 Å². The standard InChI is InChI=1S/C34H41ClN4O4/c1-22-19-25(35)20-26-30(27-15-11-12-18-36-27)38-28(33-37-21-23(2)39(33)31(22)26)16-17-29(40)43-32(34(41)42-3)24-13-9-7-5-4-6-8-10-14-24/h11-12,15,18-21,24,28,32H,4-10,13-14,16-17H2,1-3H3/t28-,32?/m0/s1. The minimum absolute atomic E-state index is 0.0371. The first kappa shape index (κ1) is 30.9. The molecule has 0 saturated heterocycles. The van der Waals surface area contributed by atoms with Gasteiger partial charge in [-0.05, 0) is 62.9 Å². The van der Waals surface area contributed by atoms with E-state index in [-0.39, 0.29) is 12.3 Å². The fourth-order valence-corrected chi connectivity index (χ4v) is 6.70. The average Bonchev–Trinajstić information content (AvgIpc) is 3.31. The number of carbonyl (C=O) groups excluding carboxylic acids is 2. The Labute approximate surface area is 258 Å². The number of methoxy groups -OCH3 is 1. The molecule has 1 aliphatic carbocycles. The number of fused-ring (bicyclic) bond motifs is 3. The zero-order chi connectivity index (χ0) is 30.3. The zero-order valence-corrected chi connectivity index (χ0v) is 26.1. The summed E-state index contributed by atoms with van der Waals surface area (Å²) in [6.07, 6.45) is 12.8. The van der Waals surface area contributed by atoms with Crippen molar-refractivity contribution >= 4 is 29.3 Å². The lowest BCUT2D eigenvalue weighted by atomic mass is 9.88. The van der Waals surface area contributed by atoms with Gasteiger partial charge in [-0.15, -0.1) is 0 Å². The molecule has 0 bridgehead atoms. The van der Waals surface area contributed by atoms with Gasteiger partial charge in [0.1, 0.15) is 11.9 Å². The molecule has 2 atom stereocenters. The highest BCUT2D eigenvalue weighted by Crippen LogP contribution is 2.36. The highest BCUT2D eigenvalue weighted by Gasteiger charge is 2.34. The SMILES string of the molecule is COC(=O)C(OC(=O)CC[C@@H]1N=C(c2ccccn2)c2cc(Cl)cc(C)c2-n2c(C)cnc21)C1CCCCCCCCC1. The normalized spacial score (nSPS) is 18.4. The number of esters is 2. The van der Waals surface area contributed by atoms with Crippen molar-refractivity contribution in [1.82, 2.24) is 14.5 Å². The first-order valence-corrected chi connectivity index (χ1v) is 15.9. The Hall–Kier alpha value is -3.52. The number of halogens is 1. The maximum absolute atomic E-state index is 13.4. The Morgan fingerprint density at radius 3 is 2.42 bits per heavy atom. The largest absolute Gasteiger partial charge is 0.466 e. The number of benzene rings is 1. The molecule has 9 heteroatoms. The van der Waals surface area contributed by atoms with Gasteiger partial charge in [0, 0.05) is 41.0 Å². The van der Waals surface area contributed by atoms with Gasteiger partial charge in [0.05, 0.1) is 24.2 Å². The third kappa shape index (κ3) is 7.18. The molecule has 1 fully saturated rings. The number of ether oxygens (including phenoxy) is 2. The highest BCUT2D eigenvalue weighted by molar-refractivity contribution is 6.31. The lowest BCUT2D eigenvalue weighted by Gasteiger charge is -2.26. The molecule has 0 N–H and O–H groups in total. The summed E-state index contributed by atoms with van der Waals surface area (Å²) in [6.45, 7) is 4.03. The first-order valence-electron chi connectivity index (χ1n) is 15.5. The van der Waals surface area contributed by atoms with Crippen LogP contribution in [0.15, 0.2) is 47.7 Å². The third-order valence-electron chi connectivity index (χ3n) is 8.59. The average molecular weight is 605 g/mol. The molecule has 1 aromatic carbocycles. The summed E-state index contributed by atoms with van der Waals surface area (Å²) in [4.78, 5) is 40.7. The second kappa shape index (κ2) is 14.3. The van der Waals surface area contributed by atoms with Crippen LogP contribution >= 0.6 is 11.6 Å². The van der Waals surface area contributed by atoms with Crippen molar-refractivity contribution in [3.8, 4) is 5.69 Å². The fraction of sp³-hybridized carbons (Fsp3) is 0.500. The molecule has 0 amide bonds. The molecule has 5 rings (SSSR count). The van der Waals surface area contributed by atoms with Gasteiger partial charge in [0.2, 0.25) is 6.10 Å². The van der Waals surface area contributed by atoms with Gasteiger partial charge < -0.3 is 9.47 Å². The molecule has 2 aromatic heterocycles. The number of carbonyl (C=O) groups is 2. The number of hydrogen-bond donors (Lipinski definition) is 0. The van der Waals surface area contributed by atoms with Gasteiger partial charge >= 0.3 is 11.9 Å². The van der Waals surface area contributed by atoms with Gasteiger partial charge in [-0.1, -0.05) is 62.6 Å². The molecule has 1 aliphatic heterocycles. The lowest BCUT2D eigenvalue weighted by Crippen LogP contribution is -2.36. The third-order valence-corrected chi connectivity index (χ3v) is 8.81. The molecule has 0 spiro atoms. The predicted molar refractivity (Wildman–Crippen MR) is 167 cm³/mol.